The summed E-state index contributed by atoms with van der Waals surface area (Å²) in [5, 5.41) is 15.9. The van der Waals surface area contributed by atoms with E-state index in [2.05, 4.69) is 20.6 Å². The van der Waals surface area contributed by atoms with Gasteiger partial charge in [0.05, 0.1) is 16.6 Å². The highest BCUT2D eigenvalue weighted by Gasteiger charge is 2.11. The van der Waals surface area contributed by atoms with Gasteiger partial charge in [0.25, 0.3) is 5.91 Å². The van der Waals surface area contributed by atoms with Crippen molar-refractivity contribution in [3.63, 3.8) is 0 Å². The zero-order valence-corrected chi connectivity index (χ0v) is 16.9. The molecular formula is C20H14Cl2FN5O2. The van der Waals surface area contributed by atoms with E-state index >= 15 is 0 Å². The van der Waals surface area contributed by atoms with Crippen molar-refractivity contribution in [2.24, 2.45) is 0 Å². The van der Waals surface area contributed by atoms with Crippen molar-refractivity contribution in [1.82, 2.24) is 25.1 Å². The minimum absolute atomic E-state index is 0.194. The van der Waals surface area contributed by atoms with E-state index in [4.69, 9.17) is 27.9 Å². The molecule has 4 aromatic rings. The lowest BCUT2D eigenvalue weighted by molar-refractivity contribution is 0.0946. The molecule has 10 heteroatoms. The first-order valence-corrected chi connectivity index (χ1v) is 9.61. The van der Waals surface area contributed by atoms with Gasteiger partial charge in [0.1, 0.15) is 12.4 Å². The topological polar surface area (TPSA) is 81.4 Å². The third kappa shape index (κ3) is 4.34. The van der Waals surface area contributed by atoms with Gasteiger partial charge >= 0.3 is 0 Å². The van der Waals surface area contributed by atoms with Crippen molar-refractivity contribution in [2.75, 3.05) is 13.2 Å². The van der Waals surface area contributed by atoms with Gasteiger partial charge in [0, 0.05) is 17.2 Å². The summed E-state index contributed by atoms with van der Waals surface area (Å²) in [7, 11) is 0. The lowest BCUT2D eigenvalue weighted by Gasteiger charge is -2.08. The zero-order chi connectivity index (χ0) is 21.1. The average molecular weight is 446 g/mol. The predicted molar refractivity (Wildman–Crippen MR) is 110 cm³/mol. The van der Waals surface area contributed by atoms with Crippen LogP contribution in [0.5, 0.6) is 5.88 Å². The van der Waals surface area contributed by atoms with Crippen LogP contribution in [0.2, 0.25) is 10.0 Å². The first-order valence-electron chi connectivity index (χ1n) is 8.86. The van der Waals surface area contributed by atoms with Gasteiger partial charge in [-0.15, -0.1) is 15.3 Å². The highest BCUT2D eigenvalue weighted by molar-refractivity contribution is 6.42. The quantitative estimate of drug-likeness (QED) is 0.452. The van der Waals surface area contributed by atoms with E-state index < -0.39 is 0 Å². The van der Waals surface area contributed by atoms with E-state index in [9.17, 15) is 9.18 Å². The lowest BCUT2D eigenvalue weighted by Crippen LogP contribution is -2.28. The first kappa shape index (κ1) is 20.1. The van der Waals surface area contributed by atoms with Gasteiger partial charge in [-0.25, -0.2) is 4.39 Å². The van der Waals surface area contributed by atoms with Crippen molar-refractivity contribution < 1.29 is 13.9 Å². The van der Waals surface area contributed by atoms with Crippen molar-refractivity contribution >= 4 is 34.8 Å². The molecule has 0 saturated carbocycles. The van der Waals surface area contributed by atoms with Crippen LogP contribution in [-0.2, 0) is 0 Å². The zero-order valence-electron chi connectivity index (χ0n) is 15.3. The number of halogens is 3. The lowest BCUT2D eigenvalue weighted by atomic mass is 10.2. The normalized spacial score (nSPS) is 10.9. The van der Waals surface area contributed by atoms with Crippen LogP contribution >= 0.6 is 23.2 Å². The summed E-state index contributed by atoms with van der Waals surface area (Å²) < 4.78 is 20.3. The van der Waals surface area contributed by atoms with Gasteiger partial charge < -0.3 is 10.1 Å². The number of amides is 1. The van der Waals surface area contributed by atoms with Crippen LogP contribution in [0.15, 0.2) is 54.6 Å². The molecule has 1 amide bonds. The molecule has 0 aliphatic heterocycles. The largest absolute Gasteiger partial charge is 0.475 e. The van der Waals surface area contributed by atoms with Gasteiger partial charge in [-0.2, -0.15) is 4.52 Å². The van der Waals surface area contributed by atoms with Gasteiger partial charge in [0.2, 0.25) is 5.88 Å². The Morgan fingerprint density at radius 3 is 2.60 bits per heavy atom. The molecule has 0 spiro atoms. The second-order valence-electron chi connectivity index (χ2n) is 6.21. The highest BCUT2D eigenvalue weighted by atomic mass is 35.5. The van der Waals surface area contributed by atoms with Crippen molar-refractivity contribution in [2.45, 2.75) is 0 Å². The fourth-order valence-corrected chi connectivity index (χ4v) is 2.99. The molecule has 30 heavy (non-hydrogen) atoms. The molecule has 1 N–H and O–H groups in total. The molecule has 7 nitrogen and oxygen atoms in total. The second kappa shape index (κ2) is 8.64. The van der Waals surface area contributed by atoms with Crippen molar-refractivity contribution in [3.8, 4) is 17.3 Å². The van der Waals surface area contributed by atoms with Gasteiger partial charge in [-0.1, -0.05) is 23.2 Å². The monoisotopic (exact) mass is 445 g/mol. The molecule has 2 aromatic heterocycles. The molecule has 2 aromatic carbocycles. The summed E-state index contributed by atoms with van der Waals surface area (Å²) in [5.74, 6) is 0.156. The maximum atomic E-state index is 13.2. The van der Waals surface area contributed by atoms with Crippen LogP contribution in [0, 0.1) is 5.82 Å². The van der Waals surface area contributed by atoms with E-state index in [1.807, 2.05) is 0 Å². The molecular weight excluding hydrogens is 432 g/mol. The van der Waals surface area contributed by atoms with Crippen LogP contribution < -0.4 is 10.1 Å². The Morgan fingerprint density at radius 2 is 1.83 bits per heavy atom. The van der Waals surface area contributed by atoms with E-state index in [-0.39, 0.29) is 24.9 Å². The fourth-order valence-electron chi connectivity index (χ4n) is 2.69. The Labute approximate surface area is 180 Å². The molecule has 4 rings (SSSR count). The van der Waals surface area contributed by atoms with Crippen molar-refractivity contribution in [1.29, 1.82) is 0 Å². The average Bonchev–Trinajstić information content (AvgIpc) is 3.17. The van der Waals surface area contributed by atoms with Crippen molar-refractivity contribution in [3.05, 3.63) is 76.0 Å². The number of fused-ring (bicyclic) bond motifs is 1. The number of carbonyl (C=O) groups excluding carboxylic acids is 1. The number of nitrogens with zero attached hydrogens (tertiary/aromatic N) is 4. The second-order valence-corrected chi connectivity index (χ2v) is 7.02. The molecule has 0 radical (unpaired) electrons. The summed E-state index contributed by atoms with van der Waals surface area (Å²) in [5.41, 5.74) is 1.59. The van der Waals surface area contributed by atoms with E-state index in [1.54, 1.807) is 36.4 Å². The number of hydrogen-bond donors (Lipinski definition) is 1. The summed E-state index contributed by atoms with van der Waals surface area (Å²) in [6.45, 7) is 0.450. The number of aromatic nitrogens is 4. The molecule has 0 fully saturated rings. The Kier molecular flexibility index (Phi) is 5.78. The number of nitrogens with one attached hydrogen (secondary N) is 1. The Bertz CT molecular complexity index is 1210. The SMILES string of the molecule is O=C(NCCOc1ccc2nnc(-c3ccc(F)cc3)n2n1)c1ccc(Cl)c(Cl)c1. The van der Waals surface area contributed by atoms with Gasteiger partial charge in [-0.3, -0.25) is 4.79 Å². The molecule has 152 valence electrons. The molecule has 0 aliphatic carbocycles. The minimum Gasteiger partial charge on any atom is -0.475 e. The highest BCUT2D eigenvalue weighted by Crippen LogP contribution is 2.22. The Morgan fingerprint density at radius 1 is 1.03 bits per heavy atom. The molecule has 0 atom stereocenters. The maximum Gasteiger partial charge on any atom is 0.251 e. The smallest absolute Gasteiger partial charge is 0.251 e. The van der Waals surface area contributed by atoms with Crippen LogP contribution in [0.1, 0.15) is 10.4 Å². The van der Waals surface area contributed by atoms with Gasteiger partial charge in [0.15, 0.2) is 11.5 Å². The molecule has 0 saturated heterocycles. The molecule has 0 aliphatic rings. The molecule has 2 heterocycles. The van der Waals surface area contributed by atoms with Crippen LogP contribution in [0.25, 0.3) is 17.0 Å². The number of carbonyl (C=O) groups is 1. The van der Waals surface area contributed by atoms with E-state index in [1.165, 1.54) is 22.7 Å². The first-order chi connectivity index (χ1) is 14.5. The number of benzene rings is 2. The summed E-state index contributed by atoms with van der Waals surface area (Å²) >= 11 is 11.8. The van der Waals surface area contributed by atoms with Crippen LogP contribution in [0.4, 0.5) is 4.39 Å². The standard InChI is InChI=1S/C20H14Cl2FN5O2/c21-15-6-3-13(11-16(15)22)20(29)24-9-10-30-18-8-7-17-25-26-19(28(17)27-18)12-1-4-14(23)5-2-12/h1-8,11H,9-10H2,(H,24,29). The van der Waals surface area contributed by atoms with Gasteiger partial charge in [-0.05, 0) is 48.5 Å². The molecule has 0 unspecified atom stereocenters. The summed E-state index contributed by atoms with van der Waals surface area (Å²) in [4.78, 5) is 12.2. The summed E-state index contributed by atoms with van der Waals surface area (Å²) in [6.07, 6.45) is 0. The maximum absolute atomic E-state index is 13.2. The molecule has 0 bridgehead atoms. The number of ether oxygens (including phenoxy) is 1. The minimum atomic E-state index is -0.340. The Balaban J connectivity index is 1.39. The predicted octanol–water partition coefficient (Wildman–Crippen LogP) is 4.05. The fraction of sp³-hybridized carbons (Fsp3) is 0.100. The number of rotatable bonds is 6. The van der Waals surface area contributed by atoms with Crippen LogP contribution in [-0.4, -0.2) is 38.9 Å². The van der Waals surface area contributed by atoms with E-state index in [0.717, 1.165) is 0 Å². The summed E-state index contributed by atoms with van der Waals surface area (Å²) in [6, 6.07) is 13.9. The third-order valence-corrected chi connectivity index (χ3v) is 4.90. The Hall–Kier alpha value is -3.23. The third-order valence-electron chi connectivity index (χ3n) is 4.16. The van der Waals surface area contributed by atoms with E-state index in [0.29, 0.717) is 38.5 Å². The number of hydrogen-bond acceptors (Lipinski definition) is 5. The van der Waals surface area contributed by atoms with Crippen LogP contribution in [0.3, 0.4) is 0 Å².